The Balaban J connectivity index is 2.74. The molecule has 1 aliphatic rings. The molecule has 21 heavy (non-hydrogen) atoms. The predicted molar refractivity (Wildman–Crippen MR) is 88.9 cm³/mol. The third kappa shape index (κ3) is 4.89. The summed E-state index contributed by atoms with van der Waals surface area (Å²) >= 11 is 0. The van der Waals surface area contributed by atoms with Crippen molar-refractivity contribution in [3.05, 3.63) is 12.2 Å². The van der Waals surface area contributed by atoms with E-state index in [4.69, 9.17) is 4.43 Å². The minimum absolute atomic E-state index is 0.0549. The molecular formula is C17H30O3Si. The van der Waals surface area contributed by atoms with Crippen LogP contribution in [0.2, 0.25) is 18.1 Å². The molecule has 0 aromatic rings. The number of Topliss-reactive ketones (excluding diaryl/α,β-unsaturated/α-hetero) is 2. The van der Waals surface area contributed by atoms with Crippen LogP contribution in [0, 0.1) is 5.92 Å². The van der Waals surface area contributed by atoms with Gasteiger partial charge in [-0.15, -0.1) is 0 Å². The zero-order valence-electron chi connectivity index (χ0n) is 14.4. The van der Waals surface area contributed by atoms with Crippen LogP contribution < -0.4 is 0 Å². The van der Waals surface area contributed by atoms with Gasteiger partial charge in [0.25, 0.3) is 0 Å². The van der Waals surface area contributed by atoms with Crippen molar-refractivity contribution in [1.29, 1.82) is 0 Å². The fourth-order valence-corrected chi connectivity index (χ4v) is 3.69. The predicted octanol–water partition coefficient (Wildman–Crippen LogP) is 4.28. The highest BCUT2D eigenvalue weighted by atomic mass is 28.4. The van der Waals surface area contributed by atoms with Gasteiger partial charge in [0.05, 0.1) is 12.0 Å². The van der Waals surface area contributed by atoms with Gasteiger partial charge < -0.3 is 4.43 Å². The first-order valence-corrected chi connectivity index (χ1v) is 10.9. The van der Waals surface area contributed by atoms with E-state index in [1.54, 1.807) is 0 Å². The summed E-state index contributed by atoms with van der Waals surface area (Å²) in [6, 6.07) is 0. The van der Waals surface area contributed by atoms with Crippen LogP contribution in [0.3, 0.4) is 0 Å². The standard InChI is InChI=1S/C17H30O3Si/c1-7-9-13(20-21(5,6)17(2,3)4)12-16(19)14-10-8-11-15(14)18/h7,9,13-14H,8,10-12H2,1-6H3/b9-7+. The number of rotatable bonds is 6. The maximum Gasteiger partial charge on any atom is 0.192 e. The maximum absolute atomic E-state index is 12.4. The Labute approximate surface area is 130 Å². The first kappa shape index (κ1) is 18.3. The summed E-state index contributed by atoms with van der Waals surface area (Å²) < 4.78 is 6.33. The minimum atomic E-state index is -1.92. The molecule has 1 aliphatic carbocycles. The molecular weight excluding hydrogens is 280 g/mol. The SMILES string of the molecule is C/C=C/C(CC(=O)C1CCCC1=O)O[Si](C)(C)C(C)(C)C. The molecule has 4 heteroatoms. The van der Waals surface area contributed by atoms with Crippen LogP contribution in [-0.4, -0.2) is 26.0 Å². The molecule has 3 nitrogen and oxygen atoms in total. The van der Waals surface area contributed by atoms with Crippen molar-refractivity contribution in [2.24, 2.45) is 5.92 Å². The monoisotopic (exact) mass is 310 g/mol. The second kappa shape index (κ2) is 7.01. The molecule has 0 aromatic carbocycles. The fraction of sp³-hybridized carbons (Fsp3) is 0.765. The average molecular weight is 311 g/mol. The van der Waals surface area contributed by atoms with Crippen LogP contribution in [0.1, 0.15) is 53.4 Å². The highest BCUT2D eigenvalue weighted by Crippen LogP contribution is 2.38. The van der Waals surface area contributed by atoms with Crippen molar-refractivity contribution in [3.8, 4) is 0 Å². The molecule has 0 N–H and O–H groups in total. The first-order valence-electron chi connectivity index (χ1n) is 7.94. The van der Waals surface area contributed by atoms with Gasteiger partial charge >= 0.3 is 0 Å². The maximum atomic E-state index is 12.4. The number of carbonyl (C=O) groups excluding carboxylic acids is 2. The normalized spacial score (nSPS) is 22.0. The second-order valence-electron chi connectivity index (χ2n) is 7.52. The van der Waals surface area contributed by atoms with Crippen LogP contribution in [0.4, 0.5) is 0 Å². The fourth-order valence-electron chi connectivity index (χ4n) is 2.42. The van der Waals surface area contributed by atoms with E-state index in [9.17, 15) is 9.59 Å². The van der Waals surface area contributed by atoms with Crippen LogP contribution in [0.5, 0.6) is 0 Å². The Kier molecular flexibility index (Phi) is 6.11. The van der Waals surface area contributed by atoms with Gasteiger partial charge in [-0.25, -0.2) is 0 Å². The summed E-state index contributed by atoms with van der Waals surface area (Å²) in [6.45, 7) is 12.9. The molecule has 0 spiro atoms. The highest BCUT2D eigenvalue weighted by molar-refractivity contribution is 6.74. The van der Waals surface area contributed by atoms with Crippen LogP contribution in [0.15, 0.2) is 12.2 Å². The van der Waals surface area contributed by atoms with Crippen molar-refractivity contribution in [2.75, 3.05) is 0 Å². The first-order chi connectivity index (χ1) is 9.58. The third-order valence-electron chi connectivity index (χ3n) is 4.75. The topological polar surface area (TPSA) is 43.4 Å². The molecule has 0 aliphatic heterocycles. The minimum Gasteiger partial charge on any atom is -0.410 e. The zero-order chi connectivity index (χ0) is 16.3. The van der Waals surface area contributed by atoms with Gasteiger partial charge in [-0.3, -0.25) is 9.59 Å². The number of ketones is 2. The lowest BCUT2D eigenvalue weighted by molar-refractivity contribution is -0.131. The van der Waals surface area contributed by atoms with E-state index in [1.165, 1.54) is 0 Å². The van der Waals surface area contributed by atoms with Gasteiger partial charge in [0.15, 0.2) is 8.32 Å². The van der Waals surface area contributed by atoms with Gasteiger partial charge in [0.2, 0.25) is 0 Å². The van der Waals surface area contributed by atoms with E-state index in [-0.39, 0.29) is 28.6 Å². The quantitative estimate of drug-likeness (QED) is 0.418. The van der Waals surface area contributed by atoms with Crippen LogP contribution in [0.25, 0.3) is 0 Å². The molecule has 1 saturated carbocycles. The lowest BCUT2D eigenvalue weighted by Gasteiger charge is -2.38. The van der Waals surface area contributed by atoms with Crippen molar-refractivity contribution < 1.29 is 14.0 Å². The van der Waals surface area contributed by atoms with Crippen molar-refractivity contribution in [2.45, 2.75) is 77.6 Å². The lowest BCUT2D eigenvalue weighted by atomic mass is 9.97. The molecule has 120 valence electrons. The van der Waals surface area contributed by atoms with E-state index >= 15 is 0 Å². The molecule has 0 heterocycles. The van der Waals surface area contributed by atoms with E-state index < -0.39 is 8.32 Å². The Morgan fingerprint density at radius 2 is 2.05 bits per heavy atom. The van der Waals surface area contributed by atoms with E-state index in [2.05, 4.69) is 33.9 Å². The molecule has 0 amide bonds. The van der Waals surface area contributed by atoms with E-state index in [0.717, 1.165) is 12.8 Å². The second-order valence-corrected chi connectivity index (χ2v) is 12.3. The molecule has 0 radical (unpaired) electrons. The lowest BCUT2D eigenvalue weighted by Crippen LogP contribution is -2.44. The number of carbonyl (C=O) groups is 2. The number of allylic oxidation sites excluding steroid dienone is 1. The molecule has 2 unspecified atom stereocenters. The summed E-state index contributed by atoms with van der Waals surface area (Å²) in [5.41, 5.74) is 0. The van der Waals surface area contributed by atoms with Crippen LogP contribution >= 0.6 is 0 Å². The van der Waals surface area contributed by atoms with Crippen LogP contribution in [-0.2, 0) is 14.0 Å². The molecule has 1 rings (SSSR count). The molecule has 0 bridgehead atoms. The Morgan fingerprint density at radius 1 is 1.43 bits per heavy atom. The third-order valence-corrected chi connectivity index (χ3v) is 9.26. The van der Waals surface area contributed by atoms with Gasteiger partial charge in [-0.05, 0) is 37.9 Å². The van der Waals surface area contributed by atoms with Crippen molar-refractivity contribution >= 4 is 19.9 Å². The summed E-state index contributed by atoms with van der Waals surface area (Å²) in [7, 11) is -1.92. The van der Waals surface area contributed by atoms with Crippen molar-refractivity contribution in [3.63, 3.8) is 0 Å². The summed E-state index contributed by atoms with van der Waals surface area (Å²) in [6.07, 6.45) is 6.16. The van der Waals surface area contributed by atoms with Gasteiger partial charge in [0, 0.05) is 12.8 Å². The summed E-state index contributed by atoms with van der Waals surface area (Å²) in [5.74, 6) is -0.202. The highest BCUT2D eigenvalue weighted by Gasteiger charge is 2.40. The van der Waals surface area contributed by atoms with Gasteiger partial charge in [-0.1, -0.05) is 32.9 Å². The molecule has 1 fully saturated rings. The largest absolute Gasteiger partial charge is 0.410 e. The summed E-state index contributed by atoms with van der Waals surface area (Å²) in [4.78, 5) is 24.1. The average Bonchev–Trinajstić information content (AvgIpc) is 2.73. The molecule has 0 aromatic heterocycles. The van der Waals surface area contributed by atoms with Gasteiger partial charge in [0.1, 0.15) is 11.6 Å². The number of hydrogen-bond donors (Lipinski definition) is 0. The smallest absolute Gasteiger partial charge is 0.192 e. The van der Waals surface area contributed by atoms with E-state index in [0.29, 0.717) is 12.8 Å². The van der Waals surface area contributed by atoms with Gasteiger partial charge in [-0.2, -0.15) is 0 Å². The Hall–Kier alpha value is -0.743. The molecule has 2 atom stereocenters. The zero-order valence-corrected chi connectivity index (χ0v) is 15.4. The van der Waals surface area contributed by atoms with E-state index in [1.807, 2.05) is 19.1 Å². The van der Waals surface area contributed by atoms with Crippen molar-refractivity contribution in [1.82, 2.24) is 0 Å². The number of hydrogen-bond acceptors (Lipinski definition) is 3. The Bertz CT molecular complexity index is 418. The molecule has 0 saturated heterocycles. The summed E-state index contributed by atoms with van der Waals surface area (Å²) in [5, 5.41) is 0.110. The Morgan fingerprint density at radius 3 is 2.48 bits per heavy atom.